The number of carboxylic acid groups (broad SMARTS) is 1. The van der Waals surface area contributed by atoms with Gasteiger partial charge in [-0.2, -0.15) is 11.8 Å². The molecular weight excluding hydrogens is 312 g/mol. The molecule has 0 aliphatic rings. The van der Waals surface area contributed by atoms with Crippen molar-refractivity contribution in [3.63, 3.8) is 0 Å². The lowest BCUT2D eigenvalue weighted by Gasteiger charge is -2.17. The number of aromatic nitrogens is 1. The number of aromatic carboxylic acids is 1. The first-order valence-electron chi connectivity index (χ1n) is 6.44. The first-order valence-corrected chi connectivity index (χ1v) is 8.91. The molecule has 1 heterocycles. The maximum atomic E-state index is 12.1. The summed E-state index contributed by atoms with van der Waals surface area (Å²) < 4.78 is 26.7. The molecule has 0 bridgehead atoms. The quantitative estimate of drug-likeness (QED) is 0.741. The molecule has 2 N–H and O–H groups in total. The Morgan fingerprint density at radius 2 is 2.10 bits per heavy atom. The molecule has 0 unspecified atom stereocenters. The fourth-order valence-electron chi connectivity index (χ4n) is 1.51. The van der Waals surface area contributed by atoms with E-state index in [4.69, 9.17) is 5.11 Å². The standard InChI is InChI=1S/C13H20N2O4S2/c1-13(2,3)20-8-4-6-15-21(18,19)11-9-14-7-5-10(11)12(16)17/h5,7,9,15H,4,6,8H2,1-3H3,(H,16,17). The number of rotatable bonds is 7. The van der Waals surface area contributed by atoms with E-state index >= 15 is 0 Å². The van der Waals surface area contributed by atoms with Crippen molar-refractivity contribution in [2.75, 3.05) is 12.3 Å². The Bertz CT molecular complexity index is 594. The van der Waals surface area contributed by atoms with Gasteiger partial charge >= 0.3 is 5.97 Å². The molecule has 1 rings (SSSR count). The number of hydrogen-bond donors (Lipinski definition) is 2. The summed E-state index contributed by atoms with van der Waals surface area (Å²) in [5.41, 5.74) is -0.276. The maximum absolute atomic E-state index is 12.1. The molecule has 0 saturated carbocycles. The number of nitrogens with zero attached hydrogens (tertiary/aromatic N) is 1. The summed E-state index contributed by atoms with van der Waals surface area (Å²) in [6.45, 7) is 6.54. The molecule has 0 spiro atoms. The van der Waals surface area contributed by atoms with Crippen LogP contribution in [0.2, 0.25) is 0 Å². The summed E-state index contributed by atoms with van der Waals surface area (Å²) in [5.74, 6) is -0.466. The van der Waals surface area contributed by atoms with Gasteiger partial charge < -0.3 is 5.11 Å². The van der Waals surface area contributed by atoms with E-state index in [9.17, 15) is 13.2 Å². The summed E-state index contributed by atoms with van der Waals surface area (Å²) in [7, 11) is -3.85. The van der Waals surface area contributed by atoms with Gasteiger partial charge in [0.05, 0.1) is 5.56 Å². The lowest BCUT2D eigenvalue weighted by Crippen LogP contribution is -2.27. The molecule has 21 heavy (non-hydrogen) atoms. The van der Waals surface area contributed by atoms with Crippen LogP contribution >= 0.6 is 11.8 Å². The molecule has 0 radical (unpaired) electrons. The van der Waals surface area contributed by atoms with E-state index in [1.54, 1.807) is 11.8 Å². The molecule has 0 saturated heterocycles. The fraction of sp³-hybridized carbons (Fsp3) is 0.538. The van der Waals surface area contributed by atoms with Gasteiger partial charge in [0, 0.05) is 23.7 Å². The van der Waals surface area contributed by atoms with Gasteiger partial charge in [0.15, 0.2) is 0 Å². The Morgan fingerprint density at radius 3 is 2.67 bits per heavy atom. The van der Waals surface area contributed by atoms with E-state index in [2.05, 4.69) is 30.5 Å². The molecular formula is C13H20N2O4S2. The fourth-order valence-corrected chi connectivity index (χ4v) is 3.62. The minimum absolute atomic E-state index is 0.138. The van der Waals surface area contributed by atoms with Gasteiger partial charge in [0.25, 0.3) is 0 Å². The molecule has 1 aromatic rings. The minimum Gasteiger partial charge on any atom is -0.478 e. The van der Waals surface area contributed by atoms with Crippen LogP contribution in [0.15, 0.2) is 23.4 Å². The summed E-state index contributed by atoms with van der Waals surface area (Å²) in [5, 5.41) is 9.00. The van der Waals surface area contributed by atoms with Crippen molar-refractivity contribution >= 4 is 27.8 Å². The van der Waals surface area contributed by atoms with Crippen LogP contribution in [-0.2, 0) is 10.0 Å². The Morgan fingerprint density at radius 1 is 1.43 bits per heavy atom. The van der Waals surface area contributed by atoms with Gasteiger partial charge in [-0.1, -0.05) is 20.8 Å². The number of carbonyl (C=O) groups is 1. The first kappa shape index (κ1) is 17.9. The van der Waals surface area contributed by atoms with Crippen LogP contribution in [0.4, 0.5) is 0 Å². The predicted molar refractivity (Wildman–Crippen MR) is 83.2 cm³/mol. The summed E-state index contributed by atoms with van der Waals surface area (Å²) in [4.78, 5) is 14.4. The van der Waals surface area contributed by atoms with E-state index in [1.807, 2.05) is 0 Å². The van der Waals surface area contributed by atoms with E-state index in [0.717, 1.165) is 11.9 Å². The lowest BCUT2D eigenvalue weighted by atomic mass is 10.3. The second-order valence-corrected chi connectivity index (χ2v) is 9.05. The average molecular weight is 332 g/mol. The van der Waals surface area contributed by atoms with Crippen LogP contribution in [-0.4, -0.2) is 41.5 Å². The number of nitrogens with one attached hydrogen (secondary N) is 1. The lowest BCUT2D eigenvalue weighted by molar-refractivity contribution is 0.0692. The highest BCUT2D eigenvalue weighted by Crippen LogP contribution is 2.23. The van der Waals surface area contributed by atoms with E-state index < -0.39 is 16.0 Å². The van der Waals surface area contributed by atoms with Crippen molar-refractivity contribution in [2.45, 2.75) is 36.8 Å². The Labute approximate surface area is 129 Å². The van der Waals surface area contributed by atoms with E-state index in [-0.39, 0.29) is 21.8 Å². The predicted octanol–water partition coefficient (Wildman–Crippen LogP) is 1.98. The molecule has 6 nitrogen and oxygen atoms in total. The molecule has 0 fully saturated rings. The monoisotopic (exact) mass is 332 g/mol. The van der Waals surface area contributed by atoms with Crippen molar-refractivity contribution in [2.24, 2.45) is 0 Å². The molecule has 8 heteroatoms. The third-order valence-electron chi connectivity index (χ3n) is 2.45. The van der Waals surface area contributed by atoms with E-state index in [0.29, 0.717) is 6.42 Å². The SMILES string of the molecule is CC(C)(C)SCCCNS(=O)(=O)c1cnccc1C(=O)O. The van der Waals surface area contributed by atoms with Crippen LogP contribution in [0.3, 0.4) is 0 Å². The minimum atomic E-state index is -3.85. The summed E-state index contributed by atoms with van der Waals surface area (Å²) in [6, 6.07) is 1.17. The zero-order valence-corrected chi connectivity index (χ0v) is 13.9. The largest absolute Gasteiger partial charge is 0.478 e. The topological polar surface area (TPSA) is 96.4 Å². The smallest absolute Gasteiger partial charge is 0.337 e. The van der Waals surface area contributed by atoms with Crippen molar-refractivity contribution in [1.82, 2.24) is 9.71 Å². The zero-order chi connectivity index (χ0) is 16.1. The van der Waals surface area contributed by atoms with Crippen LogP contribution < -0.4 is 4.72 Å². The molecule has 0 atom stereocenters. The van der Waals surface area contributed by atoms with Crippen LogP contribution in [0.5, 0.6) is 0 Å². The first-order chi connectivity index (χ1) is 9.63. The molecule has 118 valence electrons. The summed E-state index contributed by atoms with van der Waals surface area (Å²) in [6.07, 6.45) is 2.97. The second-order valence-electron chi connectivity index (χ2n) is 5.39. The highest BCUT2D eigenvalue weighted by molar-refractivity contribution is 8.00. The van der Waals surface area contributed by atoms with Crippen molar-refractivity contribution in [3.8, 4) is 0 Å². The normalized spacial score (nSPS) is 12.3. The number of carboxylic acids is 1. The van der Waals surface area contributed by atoms with Crippen molar-refractivity contribution in [3.05, 3.63) is 24.0 Å². The molecule has 1 aromatic heterocycles. The highest BCUT2D eigenvalue weighted by Gasteiger charge is 2.22. The Balaban J connectivity index is 2.65. The third kappa shape index (κ3) is 6.03. The molecule has 0 aliphatic heterocycles. The molecule has 0 aromatic carbocycles. The number of sulfonamides is 1. The Kier molecular flexibility index (Phi) is 6.18. The van der Waals surface area contributed by atoms with Crippen molar-refractivity contribution in [1.29, 1.82) is 0 Å². The number of hydrogen-bond acceptors (Lipinski definition) is 5. The van der Waals surface area contributed by atoms with Crippen LogP contribution in [0.1, 0.15) is 37.6 Å². The maximum Gasteiger partial charge on any atom is 0.337 e. The van der Waals surface area contributed by atoms with Crippen LogP contribution in [0.25, 0.3) is 0 Å². The van der Waals surface area contributed by atoms with Crippen LogP contribution in [0, 0.1) is 0 Å². The van der Waals surface area contributed by atoms with Gasteiger partial charge in [-0.05, 0) is 18.2 Å². The highest BCUT2D eigenvalue weighted by atomic mass is 32.2. The van der Waals surface area contributed by atoms with Gasteiger partial charge in [0.1, 0.15) is 4.90 Å². The average Bonchev–Trinajstić information content (AvgIpc) is 2.36. The van der Waals surface area contributed by atoms with Crippen molar-refractivity contribution < 1.29 is 18.3 Å². The number of thioether (sulfide) groups is 1. The molecule has 0 amide bonds. The second kappa shape index (κ2) is 7.24. The molecule has 0 aliphatic carbocycles. The van der Waals surface area contributed by atoms with Gasteiger partial charge in [-0.25, -0.2) is 17.9 Å². The zero-order valence-electron chi connectivity index (χ0n) is 12.3. The summed E-state index contributed by atoms with van der Waals surface area (Å²) >= 11 is 1.75. The Hall–Kier alpha value is -1.12. The van der Waals surface area contributed by atoms with Gasteiger partial charge in [0.2, 0.25) is 10.0 Å². The number of pyridine rings is 1. The third-order valence-corrected chi connectivity index (χ3v) is 5.30. The van der Waals surface area contributed by atoms with Gasteiger partial charge in [-0.15, -0.1) is 0 Å². The van der Waals surface area contributed by atoms with E-state index in [1.165, 1.54) is 12.3 Å². The van der Waals surface area contributed by atoms with Gasteiger partial charge in [-0.3, -0.25) is 4.98 Å².